The summed E-state index contributed by atoms with van der Waals surface area (Å²) < 4.78 is 6.92. The number of rotatable bonds is 7. The third-order valence-electron chi connectivity index (χ3n) is 6.02. The lowest BCUT2D eigenvalue weighted by molar-refractivity contribution is -0.116. The van der Waals surface area contributed by atoms with Crippen molar-refractivity contribution < 1.29 is 9.21 Å². The fourth-order valence-corrected chi connectivity index (χ4v) is 4.30. The molecule has 3 heterocycles. The van der Waals surface area contributed by atoms with Gasteiger partial charge in [0.15, 0.2) is 5.76 Å². The second-order valence-electron chi connectivity index (χ2n) is 8.20. The van der Waals surface area contributed by atoms with Crippen molar-refractivity contribution in [2.24, 2.45) is 5.92 Å². The average molecular weight is 424 g/mol. The van der Waals surface area contributed by atoms with Crippen LogP contribution in [0.2, 0.25) is 0 Å². The molecule has 31 heavy (non-hydrogen) atoms. The maximum Gasteiger partial charge on any atom is 0.255 e. The van der Waals surface area contributed by atoms with Crippen LogP contribution in [0.5, 0.6) is 0 Å². The number of amides is 1. The van der Waals surface area contributed by atoms with E-state index in [1.54, 1.807) is 31.4 Å². The molecule has 3 aromatic rings. The smallest absolute Gasteiger partial charge is 0.255 e. The normalized spacial score (nSPS) is 14.6. The molecular weight excluding hydrogens is 394 g/mol. The van der Waals surface area contributed by atoms with Crippen LogP contribution in [0.25, 0.3) is 17.4 Å². The number of aromatic nitrogens is 4. The third-order valence-corrected chi connectivity index (χ3v) is 6.02. The van der Waals surface area contributed by atoms with Crippen LogP contribution < -0.4 is 10.9 Å². The number of nitrogens with one attached hydrogen (secondary N) is 2. The van der Waals surface area contributed by atoms with Crippen molar-refractivity contribution in [3.05, 3.63) is 46.1 Å². The Kier molecular flexibility index (Phi) is 6.34. The molecule has 1 aliphatic carbocycles. The number of carbonyl (C=O) groups excluding carboxylic acids is 1. The lowest BCUT2D eigenvalue weighted by Crippen LogP contribution is -2.22. The van der Waals surface area contributed by atoms with Gasteiger partial charge in [0, 0.05) is 23.7 Å². The molecular formula is C23H29N5O3. The summed E-state index contributed by atoms with van der Waals surface area (Å²) in [5, 5.41) is 7.50. The highest BCUT2D eigenvalue weighted by Crippen LogP contribution is 2.28. The number of furan rings is 1. The van der Waals surface area contributed by atoms with Gasteiger partial charge in [-0.15, -0.1) is 0 Å². The Morgan fingerprint density at radius 3 is 2.81 bits per heavy atom. The Morgan fingerprint density at radius 1 is 1.32 bits per heavy atom. The van der Waals surface area contributed by atoms with Crippen LogP contribution in [-0.2, 0) is 11.2 Å². The van der Waals surface area contributed by atoms with Crippen molar-refractivity contribution in [2.75, 3.05) is 5.32 Å². The van der Waals surface area contributed by atoms with E-state index in [4.69, 9.17) is 4.42 Å². The molecule has 3 aromatic heterocycles. The van der Waals surface area contributed by atoms with Crippen molar-refractivity contribution >= 4 is 11.7 Å². The van der Waals surface area contributed by atoms with Crippen molar-refractivity contribution in [3.63, 3.8) is 0 Å². The molecule has 164 valence electrons. The molecule has 8 heteroatoms. The van der Waals surface area contributed by atoms with E-state index in [-0.39, 0.29) is 17.4 Å². The van der Waals surface area contributed by atoms with Crippen LogP contribution >= 0.6 is 0 Å². The van der Waals surface area contributed by atoms with Crippen molar-refractivity contribution in [1.82, 2.24) is 19.7 Å². The van der Waals surface area contributed by atoms with Crippen LogP contribution in [0.15, 0.2) is 33.7 Å². The topological polar surface area (TPSA) is 106 Å². The molecule has 4 rings (SSSR count). The molecule has 1 saturated carbocycles. The summed E-state index contributed by atoms with van der Waals surface area (Å²) in [7, 11) is 0. The van der Waals surface area contributed by atoms with Gasteiger partial charge in [-0.25, -0.2) is 4.98 Å². The summed E-state index contributed by atoms with van der Waals surface area (Å²) in [6.07, 6.45) is 9.76. The third kappa shape index (κ3) is 4.78. The first-order valence-electron chi connectivity index (χ1n) is 11.1. The molecule has 1 fully saturated rings. The number of aryl methyl sites for hydroxylation is 1. The summed E-state index contributed by atoms with van der Waals surface area (Å²) in [5.41, 5.74) is 1.63. The van der Waals surface area contributed by atoms with Gasteiger partial charge in [0.1, 0.15) is 11.5 Å². The maximum absolute atomic E-state index is 12.7. The molecule has 1 aliphatic rings. The van der Waals surface area contributed by atoms with E-state index in [1.807, 2.05) is 6.92 Å². The molecule has 0 aromatic carbocycles. The zero-order chi connectivity index (χ0) is 21.8. The first-order valence-corrected chi connectivity index (χ1v) is 11.1. The highest BCUT2D eigenvalue weighted by molar-refractivity contribution is 5.90. The Morgan fingerprint density at radius 2 is 2.13 bits per heavy atom. The SMILES string of the molecule is CCc1c(C)nc(-n2nc(-c3ccco3)cc2NC(=O)CCC2CCCCC2)[nH]c1=O. The van der Waals surface area contributed by atoms with Gasteiger partial charge in [0.05, 0.1) is 6.26 Å². The van der Waals surface area contributed by atoms with Crippen LogP contribution in [-0.4, -0.2) is 25.7 Å². The second-order valence-corrected chi connectivity index (χ2v) is 8.20. The Bertz CT molecular complexity index is 1090. The molecule has 0 saturated heterocycles. The summed E-state index contributed by atoms with van der Waals surface area (Å²) in [5.74, 6) is 1.85. The summed E-state index contributed by atoms with van der Waals surface area (Å²) >= 11 is 0. The molecule has 1 amide bonds. The zero-order valence-electron chi connectivity index (χ0n) is 18.1. The maximum atomic E-state index is 12.7. The van der Waals surface area contributed by atoms with Gasteiger partial charge in [-0.05, 0) is 37.8 Å². The minimum absolute atomic E-state index is 0.0676. The lowest BCUT2D eigenvalue weighted by Gasteiger charge is -2.21. The summed E-state index contributed by atoms with van der Waals surface area (Å²) in [6, 6.07) is 5.31. The number of anilines is 1. The van der Waals surface area contributed by atoms with Gasteiger partial charge >= 0.3 is 0 Å². The lowest BCUT2D eigenvalue weighted by atomic mass is 9.86. The number of aromatic amines is 1. The summed E-state index contributed by atoms with van der Waals surface area (Å²) in [4.78, 5) is 32.5. The van der Waals surface area contributed by atoms with Gasteiger partial charge in [0.25, 0.3) is 5.56 Å². The largest absolute Gasteiger partial charge is 0.463 e. The van der Waals surface area contributed by atoms with E-state index in [0.717, 1.165) is 6.42 Å². The minimum atomic E-state index is -0.199. The van der Waals surface area contributed by atoms with E-state index in [9.17, 15) is 9.59 Å². The van der Waals surface area contributed by atoms with E-state index in [1.165, 1.54) is 36.8 Å². The molecule has 2 N–H and O–H groups in total. The number of H-pyrrole nitrogens is 1. The fraction of sp³-hybridized carbons (Fsp3) is 0.478. The van der Waals surface area contributed by atoms with Gasteiger partial charge < -0.3 is 9.73 Å². The van der Waals surface area contributed by atoms with Crippen molar-refractivity contribution in [3.8, 4) is 17.4 Å². The second kappa shape index (κ2) is 9.32. The Labute approximate surface area is 181 Å². The number of hydrogen-bond acceptors (Lipinski definition) is 5. The molecule has 0 aliphatic heterocycles. The summed E-state index contributed by atoms with van der Waals surface area (Å²) in [6.45, 7) is 3.72. The van der Waals surface area contributed by atoms with Crippen LogP contribution in [0.4, 0.5) is 5.82 Å². The number of nitrogens with zero attached hydrogens (tertiary/aromatic N) is 3. The van der Waals surface area contributed by atoms with E-state index < -0.39 is 0 Å². The molecule has 0 unspecified atom stereocenters. The van der Waals surface area contributed by atoms with Crippen molar-refractivity contribution in [1.29, 1.82) is 0 Å². The zero-order valence-corrected chi connectivity index (χ0v) is 18.1. The predicted molar refractivity (Wildman–Crippen MR) is 118 cm³/mol. The molecule has 0 radical (unpaired) electrons. The van der Waals surface area contributed by atoms with Gasteiger partial charge in [0.2, 0.25) is 11.9 Å². The van der Waals surface area contributed by atoms with Crippen LogP contribution in [0.1, 0.15) is 63.1 Å². The first-order chi connectivity index (χ1) is 15.0. The van der Waals surface area contributed by atoms with Crippen molar-refractivity contribution in [2.45, 2.75) is 65.2 Å². The molecule has 0 atom stereocenters. The van der Waals surface area contributed by atoms with E-state index >= 15 is 0 Å². The van der Waals surface area contributed by atoms with Crippen LogP contribution in [0.3, 0.4) is 0 Å². The van der Waals surface area contributed by atoms with Gasteiger partial charge in [-0.1, -0.05) is 39.0 Å². The van der Waals surface area contributed by atoms with E-state index in [2.05, 4.69) is 20.4 Å². The first kappa shape index (κ1) is 21.1. The Hall–Kier alpha value is -3.16. The van der Waals surface area contributed by atoms with Crippen LogP contribution in [0, 0.1) is 12.8 Å². The van der Waals surface area contributed by atoms with Gasteiger partial charge in [-0.2, -0.15) is 9.78 Å². The molecule has 0 spiro atoms. The van der Waals surface area contributed by atoms with E-state index in [0.29, 0.717) is 47.3 Å². The average Bonchev–Trinajstić information content (AvgIpc) is 3.43. The Balaban J connectivity index is 1.60. The highest BCUT2D eigenvalue weighted by atomic mass is 16.3. The standard InChI is InChI=1S/C23H29N5O3/c1-3-17-15(2)24-23(26-22(17)30)28-20(14-18(27-28)19-10-7-13-31-19)25-21(29)12-11-16-8-5-4-6-9-16/h7,10,13-14,16H,3-6,8-9,11-12H2,1-2H3,(H,25,29)(H,24,26,30). The highest BCUT2D eigenvalue weighted by Gasteiger charge is 2.19. The molecule has 0 bridgehead atoms. The van der Waals surface area contributed by atoms with Gasteiger partial charge in [-0.3, -0.25) is 14.6 Å². The molecule has 8 nitrogen and oxygen atoms in total. The predicted octanol–water partition coefficient (Wildman–Crippen LogP) is 4.39. The monoisotopic (exact) mass is 423 g/mol. The number of carbonyl (C=O) groups is 1. The fourth-order valence-electron chi connectivity index (χ4n) is 4.30. The number of hydrogen-bond donors (Lipinski definition) is 2. The minimum Gasteiger partial charge on any atom is -0.463 e. The quantitative estimate of drug-likeness (QED) is 0.586.